The molecule has 0 aromatic heterocycles. The molecule has 3 rings (SSSR count). The van der Waals surface area contributed by atoms with Crippen molar-refractivity contribution < 1.29 is 9.22 Å². The van der Waals surface area contributed by atoms with Crippen molar-refractivity contribution >= 4 is 24.5 Å². The van der Waals surface area contributed by atoms with Crippen LogP contribution in [0.25, 0.3) is 0 Å². The first-order valence-electron chi connectivity index (χ1n) is 10.7. The lowest BCUT2D eigenvalue weighted by Gasteiger charge is -2.43. The summed E-state index contributed by atoms with van der Waals surface area (Å²) in [5.74, 6) is 0.730. The van der Waals surface area contributed by atoms with E-state index >= 15 is 0 Å². The largest absolute Gasteiger partial charge is 0.407 e. The highest BCUT2D eigenvalue weighted by atomic mass is 28.4. The second-order valence-corrected chi connectivity index (χ2v) is 13.4. The Hall–Kier alpha value is -1.71. The predicted octanol–water partition coefficient (Wildman–Crippen LogP) is 5.10. The molecule has 0 spiro atoms. The van der Waals surface area contributed by atoms with Crippen molar-refractivity contribution in [3.8, 4) is 0 Å². The van der Waals surface area contributed by atoms with Crippen LogP contribution in [-0.4, -0.2) is 20.7 Å². The SMILES string of the molecule is CC(C)(C)[Si](OCCCC1CCCCC1=O)(c1ccccc1)c1ccccc1. The van der Waals surface area contributed by atoms with E-state index in [1.54, 1.807) is 0 Å². The van der Waals surface area contributed by atoms with Gasteiger partial charge in [0.25, 0.3) is 8.32 Å². The molecule has 0 radical (unpaired) electrons. The lowest BCUT2D eigenvalue weighted by atomic mass is 9.85. The first-order chi connectivity index (χ1) is 13.4. The maximum Gasteiger partial charge on any atom is 0.261 e. The van der Waals surface area contributed by atoms with Crippen molar-refractivity contribution in [2.45, 2.75) is 64.3 Å². The molecule has 150 valence electrons. The third kappa shape index (κ3) is 4.47. The van der Waals surface area contributed by atoms with E-state index in [1.165, 1.54) is 16.8 Å². The van der Waals surface area contributed by atoms with Crippen LogP contribution in [0.2, 0.25) is 5.04 Å². The molecule has 3 heteroatoms. The van der Waals surface area contributed by atoms with E-state index in [2.05, 4.69) is 81.4 Å². The van der Waals surface area contributed by atoms with E-state index < -0.39 is 8.32 Å². The van der Waals surface area contributed by atoms with Crippen molar-refractivity contribution in [2.24, 2.45) is 5.92 Å². The van der Waals surface area contributed by atoms with Gasteiger partial charge < -0.3 is 4.43 Å². The number of rotatable bonds is 7. The van der Waals surface area contributed by atoms with Gasteiger partial charge in [-0.15, -0.1) is 0 Å². The molecule has 0 amide bonds. The van der Waals surface area contributed by atoms with Gasteiger partial charge in [0.1, 0.15) is 5.78 Å². The molecule has 0 bridgehead atoms. The van der Waals surface area contributed by atoms with Gasteiger partial charge >= 0.3 is 0 Å². The van der Waals surface area contributed by atoms with Crippen molar-refractivity contribution in [3.05, 3.63) is 60.7 Å². The van der Waals surface area contributed by atoms with Crippen LogP contribution in [0.1, 0.15) is 59.3 Å². The van der Waals surface area contributed by atoms with Gasteiger partial charge in [-0.05, 0) is 41.1 Å². The molecule has 1 aliphatic rings. The molecule has 2 aromatic rings. The van der Waals surface area contributed by atoms with Crippen LogP contribution >= 0.6 is 0 Å². The van der Waals surface area contributed by atoms with Crippen molar-refractivity contribution in [3.63, 3.8) is 0 Å². The summed E-state index contributed by atoms with van der Waals surface area (Å²) in [6.07, 6.45) is 6.05. The topological polar surface area (TPSA) is 26.3 Å². The van der Waals surface area contributed by atoms with Gasteiger partial charge in [-0.3, -0.25) is 4.79 Å². The monoisotopic (exact) mass is 394 g/mol. The summed E-state index contributed by atoms with van der Waals surface area (Å²) in [4.78, 5) is 12.2. The molecule has 0 N–H and O–H groups in total. The number of Topliss-reactive ketones (excluding diaryl/α,β-unsaturated/α-hetero) is 1. The zero-order chi connectivity index (χ0) is 20.0. The van der Waals surface area contributed by atoms with Gasteiger partial charge in [0.2, 0.25) is 0 Å². The predicted molar refractivity (Wildman–Crippen MR) is 120 cm³/mol. The summed E-state index contributed by atoms with van der Waals surface area (Å²) < 4.78 is 6.92. The summed E-state index contributed by atoms with van der Waals surface area (Å²) in [5.41, 5.74) is 0. The lowest BCUT2D eigenvalue weighted by Crippen LogP contribution is -2.66. The molecule has 1 atom stereocenters. The summed E-state index contributed by atoms with van der Waals surface area (Å²) in [5, 5.41) is 2.65. The zero-order valence-electron chi connectivity index (χ0n) is 17.6. The highest BCUT2D eigenvalue weighted by Crippen LogP contribution is 2.37. The molecule has 1 aliphatic carbocycles. The molecule has 2 nitrogen and oxygen atoms in total. The van der Waals surface area contributed by atoms with Gasteiger partial charge in [0, 0.05) is 18.9 Å². The van der Waals surface area contributed by atoms with E-state index in [0.29, 0.717) is 5.78 Å². The summed E-state index contributed by atoms with van der Waals surface area (Å²) in [7, 11) is -2.44. The Morgan fingerprint density at radius 3 is 2.00 bits per heavy atom. The first kappa shape index (κ1) is 21.0. The number of carbonyl (C=O) groups is 1. The van der Waals surface area contributed by atoms with Gasteiger partial charge in [-0.2, -0.15) is 0 Å². The van der Waals surface area contributed by atoms with E-state index in [1.807, 2.05) is 0 Å². The summed E-state index contributed by atoms with van der Waals surface area (Å²) in [6, 6.07) is 21.6. The Balaban J connectivity index is 1.83. The van der Waals surface area contributed by atoms with Crippen LogP contribution in [0, 0.1) is 5.92 Å². The fourth-order valence-electron chi connectivity index (χ4n) is 4.68. The molecule has 0 aliphatic heterocycles. The minimum absolute atomic E-state index is 0.0103. The number of hydrogen-bond donors (Lipinski definition) is 0. The number of ketones is 1. The number of carbonyl (C=O) groups excluding carboxylic acids is 1. The molecule has 2 aromatic carbocycles. The van der Waals surface area contributed by atoms with E-state index in [9.17, 15) is 4.79 Å². The Morgan fingerprint density at radius 2 is 1.50 bits per heavy atom. The Kier molecular flexibility index (Phi) is 6.89. The molecule has 0 heterocycles. The maximum atomic E-state index is 12.2. The Labute approximate surface area is 171 Å². The highest BCUT2D eigenvalue weighted by Gasteiger charge is 2.49. The summed E-state index contributed by atoms with van der Waals surface area (Å²) in [6.45, 7) is 7.65. The molecule has 28 heavy (non-hydrogen) atoms. The third-order valence-corrected chi connectivity index (χ3v) is 11.2. The zero-order valence-corrected chi connectivity index (χ0v) is 18.6. The van der Waals surface area contributed by atoms with Gasteiger partial charge in [0.05, 0.1) is 0 Å². The van der Waals surface area contributed by atoms with Crippen molar-refractivity contribution in [1.29, 1.82) is 0 Å². The smallest absolute Gasteiger partial charge is 0.261 e. The minimum atomic E-state index is -2.44. The molecular formula is C25H34O2Si. The third-order valence-electron chi connectivity index (χ3n) is 6.11. The average Bonchev–Trinajstić information content (AvgIpc) is 2.70. The average molecular weight is 395 g/mol. The van der Waals surface area contributed by atoms with Gasteiger partial charge in [-0.25, -0.2) is 0 Å². The van der Waals surface area contributed by atoms with Crippen LogP contribution in [0.15, 0.2) is 60.7 Å². The Bertz CT molecular complexity index is 710. The van der Waals surface area contributed by atoms with Gasteiger partial charge in [0.15, 0.2) is 0 Å². The normalized spacial score (nSPS) is 18.2. The highest BCUT2D eigenvalue weighted by molar-refractivity contribution is 6.99. The fraction of sp³-hybridized carbons (Fsp3) is 0.480. The first-order valence-corrected chi connectivity index (χ1v) is 12.6. The summed E-state index contributed by atoms with van der Waals surface area (Å²) >= 11 is 0. The van der Waals surface area contributed by atoms with Crippen LogP contribution < -0.4 is 10.4 Å². The maximum absolute atomic E-state index is 12.2. The minimum Gasteiger partial charge on any atom is -0.407 e. The molecule has 1 fully saturated rings. The molecule has 0 saturated heterocycles. The van der Waals surface area contributed by atoms with Crippen molar-refractivity contribution in [2.75, 3.05) is 6.61 Å². The van der Waals surface area contributed by atoms with E-state index in [0.717, 1.165) is 38.7 Å². The molecular weight excluding hydrogens is 360 g/mol. The fourth-order valence-corrected chi connectivity index (χ4v) is 9.28. The number of hydrogen-bond acceptors (Lipinski definition) is 2. The van der Waals surface area contributed by atoms with Crippen LogP contribution in [0.5, 0.6) is 0 Å². The standard InChI is InChI=1S/C25H34O2Si/c1-25(2,3)28(22-15-6-4-7-16-22,23-17-8-5-9-18-23)27-20-12-14-21-13-10-11-19-24(21)26/h4-9,15-18,21H,10-14,19-20H2,1-3H3. The van der Waals surface area contributed by atoms with Crippen LogP contribution in [-0.2, 0) is 9.22 Å². The number of benzene rings is 2. The quantitative estimate of drug-likeness (QED) is 0.482. The second kappa shape index (κ2) is 9.19. The molecule has 1 saturated carbocycles. The van der Waals surface area contributed by atoms with Crippen LogP contribution in [0.3, 0.4) is 0 Å². The molecule has 1 unspecified atom stereocenters. The van der Waals surface area contributed by atoms with Crippen LogP contribution in [0.4, 0.5) is 0 Å². The Morgan fingerprint density at radius 1 is 0.929 bits per heavy atom. The van der Waals surface area contributed by atoms with E-state index in [4.69, 9.17) is 4.43 Å². The second-order valence-electron chi connectivity index (χ2n) is 9.06. The van der Waals surface area contributed by atoms with Gasteiger partial charge in [-0.1, -0.05) is 87.9 Å². The van der Waals surface area contributed by atoms with Crippen molar-refractivity contribution in [1.82, 2.24) is 0 Å². The van der Waals surface area contributed by atoms with E-state index in [-0.39, 0.29) is 11.0 Å². The lowest BCUT2D eigenvalue weighted by molar-refractivity contribution is -0.124.